The highest BCUT2D eigenvalue weighted by atomic mass is 16.3. The third-order valence-corrected chi connectivity index (χ3v) is 3.19. The maximum atomic E-state index is 12.1. The van der Waals surface area contributed by atoms with Gasteiger partial charge in [-0.25, -0.2) is 0 Å². The van der Waals surface area contributed by atoms with Crippen LogP contribution in [-0.2, 0) is 0 Å². The van der Waals surface area contributed by atoms with Gasteiger partial charge in [0.2, 0.25) is 0 Å². The number of hydrogen-bond acceptors (Lipinski definition) is 3. The molecule has 2 heterocycles. The van der Waals surface area contributed by atoms with Gasteiger partial charge in [-0.15, -0.1) is 0 Å². The minimum atomic E-state index is -0.392. The summed E-state index contributed by atoms with van der Waals surface area (Å²) in [6.07, 6.45) is 0. The van der Waals surface area contributed by atoms with Crippen LogP contribution in [0, 0.1) is 20.8 Å². The van der Waals surface area contributed by atoms with Gasteiger partial charge >= 0.3 is 0 Å². The van der Waals surface area contributed by atoms with Crippen LogP contribution < -0.4 is 10.9 Å². The quantitative estimate of drug-likeness (QED) is 0.902. The summed E-state index contributed by atoms with van der Waals surface area (Å²) in [5.74, 6) is 1.18. The van der Waals surface area contributed by atoms with Crippen molar-refractivity contribution < 1.29 is 9.21 Å². The van der Waals surface area contributed by atoms with Crippen molar-refractivity contribution in [1.82, 2.24) is 10.3 Å². The van der Waals surface area contributed by atoms with Crippen molar-refractivity contribution in [2.45, 2.75) is 33.7 Å². The molecular formula is C15H18N2O3. The average molecular weight is 274 g/mol. The molecule has 0 radical (unpaired) electrons. The average Bonchev–Trinajstić information content (AvgIpc) is 2.68. The first-order valence-electron chi connectivity index (χ1n) is 6.46. The normalized spacial score (nSPS) is 12.2. The van der Waals surface area contributed by atoms with E-state index in [1.165, 1.54) is 6.07 Å². The molecule has 5 nitrogen and oxygen atoms in total. The molecule has 0 unspecified atom stereocenters. The van der Waals surface area contributed by atoms with Crippen LogP contribution in [0.2, 0.25) is 0 Å². The minimum absolute atomic E-state index is 0.111. The minimum Gasteiger partial charge on any atom is -0.466 e. The summed E-state index contributed by atoms with van der Waals surface area (Å²) in [5, 5.41) is 2.81. The molecule has 2 rings (SSSR count). The van der Waals surface area contributed by atoms with Crippen molar-refractivity contribution in [3.8, 4) is 0 Å². The van der Waals surface area contributed by atoms with Crippen LogP contribution in [0.5, 0.6) is 0 Å². The molecule has 1 amide bonds. The van der Waals surface area contributed by atoms with Gasteiger partial charge in [0.1, 0.15) is 17.1 Å². The van der Waals surface area contributed by atoms with Crippen LogP contribution >= 0.6 is 0 Å². The van der Waals surface area contributed by atoms with Gasteiger partial charge in [-0.3, -0.25) is 9.59 Å². The summed E-state index contributed by atoms with van der Waals surface area (Å²) in [6, 6.07) is 4.90. The molecule has 0 aromatic carbocycles. The Morgan fingerprint density at radius 3 is 2.55 bits per heavy atom. The SMILES string of the molecule is Cc1ccc(C(=O)N[C@@H](C)c2cc(C)oc2C)c(=O)[nH]1. The maximum absolute atomic E-state index is 12.1. The maximum Gasteiger partial charge on any atom is 0.260 e. The van der Waals surface area contributed by atoms with E-state index in [4.69, 9.17) is 4.42 Å². The molecule has 0 aliphatic carbocycles. The lowest BCUT2D eigenvalue weighted by molar-refractivity contribution is 0.0938. The molecule has 0 aliphatic heterocycles. The lowest BCUT2D eigenvalue weighted by Crippen LogP contribution is -2.31. The van der Waals surface area contributed by atoms with E-state index in [2.05, 4.69) is 10.3 Å². The molecule has 1 atom stereocenters. The largest absolute Gasteiger partial charge is 0.466 e. The molecule has 2 N–H and O–H groups in total. The van der Waals surface area contributed by atoms with Crippen LogP contribution in [0.15, 0.2) is 27.4 Å². The van der Waals surface area contributed by atoms with Crippen molar-refractivity contribution in [2.75, 3.05) is 0 Å². The molecule has 0 bridgehead atoms. The van der Waals surface area contributed by atoms with Gasteiger partial charge in [0.15, 0.2) is 0 Å². The highest BCUT2D eigenvalue weighted by molar-refractivity contribution is 5.94. The Balaban J connectivity index is 2.19. The fraction of sp³-hybridized carbons (Fsp3) is 0.333. The molecule has 0 aliphatic rings. The van der Waals surface area contributed by atoms with Crippen molar-refractivity contribution in [3.63, 3.8) is 0 Å². The lowest BCUT2D eigenvalue weighted by atomic mass is 10.1. The number of furan rings is 1. The van der Waals surface area contributed by atoms with E-state index in [-0.39, 0.29) is 17.2 Å². The van der Waals surface area contributed by atoms with Crippen LogP contribution in [0.4, 0.5) is 0 Å². The van der Waals surface area contributed by atoms with Crippen molar-refractivity contribution in [1.29, 1.82) is 0 Å². The monoisotopic (exact) mass is 274 g/mol. The van der Waals surface area contributed by atoms with E-state index in [0.717, 1.165) is 22.8 Å². The predicted molar refractivity (Wildman–Crippen MR) is 75.9 cm³/mol. The van der Waals surface area contributed by atoms with E-state index in [1.54, 1.807) is 13.0 Å². The van der Waals surface area contributed by atoms with Gasteiger partial charge in [0, 0.05) is 11.3 Å². The smallest absolute Gasteiger partial charge is 0.260 e. The van der Waals surface area contributed by atoms with Crippen LogP contribution in [0.3, 0.4) is 0 Å². The molecule has 0 spiro atoms. The van der Waals surface area contributed by atoms with Gasteiger partial charge in [0.05, 0.1) is 6.04 Å². The van der Waals surface area contributed by atoms with Crippen molar-refractivity contribution in [3.05, 3.63) is 56.9 Å². The Labute approximate surface area is 117 Å². The Bertz CT molecular complexity index is 697. The Hall–Kier alpha value is -2.30. The second kappa shape index (κ2) is 5.36. The predicted octanol–water partition coefficient (Wildman–Crippen LogP) is 2.38. The van der Waals surface area contributed by atoms with Gasteiger partial charge in [-0.05, 0) is 45.9 Å². The summed E-state index contributed by atoms with van der Waals surface area (Å²) < 4.78 is 5.44. The molecule has 20 heavy (non-hydrogen) atoms. The topological polar surface area (TPSA) is 75.1 Å². The van der Waals surface area contributed by atoms with E-state index in [1.807, 2.05) is 26.8 Å². The van der Waals surface area contributed by atoms with Crippen LogP contribution in [-0.4, -0.2) is 10.9 Å². The molecule has 2 aromatic rings. The molecule has 106 valence electrons. The number of hydrogen-bond donors (Lipinski definition) is 2. The first-order valence-corrected chi connectivity index (χ1v) is 6.46. The zero-order valence-corrected chi connectivity index (χ0v) is 12.0. The molecule has 0 fully saturated rings. The van der Waals surface area contributed by atoms with Gasteiger partial charge < -0.3 is 14.7 Å². The number of aromatic amines is 1. The zero-order chi connectivity index (χ0) is 14.9. The molecular weight excluding hydrogens is 256 g/mol. The van der Waals surface area contributed by atoms with E-state index in [0.29, 0.717) is 0 Å². The number of aryl methyl sites for hydroxylation is 3. The lowest BCUT2D eigenvalue weighted by Gasteiger charge is -2.13. The van der Waals surface area contributed by atoms with Crippen LogP contribution in [0.25, 0.3) is 0 Å². The standard InChI is InChI=1S/C15H18N2O3/c1-8-5-6-12(14(18)16-8)15(19)17-10(3)13-7-9(2)20-11(13)4/h5-7,10H,1-4H3,(H,16,18)(H,17,19)/t10-/m0/s1. The third kappa shape index (κ3) is 2.82. The summed E-state index contributed by atoms with van der Waals surface area (Å²) in [4.78, 5) is 26.5. The first kappa shape index (κ1) is 14.1. The third-order valence-electron chi connectivity index (χ3n) is 3.19. The first-order chi connectivity index (χ1) is 9.38. The van der Waals surface area contributed by atoms with Crippen molar-refractivity contribution >= 4 is 5.91 Å². The number of amides is 1. The van der Waals surface area contributed by atoms with E-state index in [9.17, 15) is 9.59 Å². The Morgan fingerprint density at radius 2 is 2.00 bits per heavy atom. The number of H-pyrrole nitrogens is 1. The fourth-order valence-corrected chi connectivity index (χ4v) is 2.18. The van der Waals surface area contributed by atoms with E-state index < -0.39 is 5.91 Å². The fourth-order valence-electron chi connectivity index (χ4n) is 2.18. The number of aromatic nitrogens is 1. The van der Waals surface area contributed by atoms with E-state index >= 15 is 0 Å². The van der Waals surface area contributed by atoms with Crippen LogP contribution in [0.1, 0.15) is 46.1 Å². The van der Waals surface area contributed by atoms with Gasteiger partial charge in [0.25, 0.3) is 11.5 Å². The second-order valence-corrected chi connectivity index (χ2v) is 4.95. The van der Waals surface area contributed by atoms with Gasteiger partial charge in [-0.1, -0.05) is 0 Å². The highest BCUT2D eigenvalue weighted by Gasteiger charge is 2.17. The number of rotatable bonds is 3. The number of nitrogens with one attached hydrogen (secondary N) is 2. The molecule has 0 saturated carbocycles. The summed E-state index contributed by atoms with van der Waals surface area (Å²) >= 11 is 0. The number of carbonyl (C=O) groups is 1. The van der Waals surface area contributed by atoms with Gasteiger partial charge in [-0.2, -0.15) is 0 Å². The number of pyridine rings is 1. The highest BCUT2D eigenvalue weighted by Crippen LogP contribution is 2.21. The Morgan fingerprint density at radius 1 is 1.30 bits per heavy atom. The zero-order valence-electron chi connectivity index (χ0n) is 12.0. The number of carbonyl (C=O) groups excluding carboxylic acids is 1. The summed E-state index contributed by atoms with van der Waals surface area (Å²) in [7, 11) is 0. The van der Waals surface area contributed by atoms with Crippen molar-refractivity contribution in [2.24, 2.45) is 0 Å². The summed E-state index contributed by atoms with van der Waals surface area (Å²) in [5.41, 5.74) is 1.37. The second-order valence-electron chi connectivity index (χ2n) is 4.95. The summed E-state index contributed by atoms with van der Waals surface area (Å²) in [6.45, 7) is 7.33. The Kier molecular flexibility index (Phi) is 3.79. The molecule has 0 saturated heterocycles. The molecule has 2 aromatic heterocycles. The molecule has 5 heteroatoms.